The van der Waals surface area contributed by atoms with Crippen LogP contribution in [0.25, 0.3) is 0 Å². The van der Waals surface area contributed by atoms with Crippen LogP contribution in [-0.2, 0) is 4.79 Å². The topological polar surface area (TPSA) is 43.1 Å². The van der Waals surface area contributed by atoms with Crippen LogP contribution in [0.4, 0.5) is 0 Å². The maximum absolute atomic E-state index is 8.46. The summed E-state index contributed by atoms with van der Waals surface area (Å²) in [5.74, 6) is 0. The van der Waals surface area contributed by atoms with Crippen molar-refractivity contribution in [3.63, 3.8) is 0 Å². The van der Waals surface area contributed by atoms with Crippen molar-refractivity contribution in [2.75, 3.05) is 0 Å². The predicted octanol–water partition coefficient (Wildman–Crippen LogP) is -3.98. The number of primary amides is 1. The Balaban J connectivity index is 0. The molecule has 4 heavy (non-hydrogen) atoms. The molecule has 0 bridgehead atoms. The van der Waals surface area contributed by atoms with E-state index in [1.165, 1.54) is 0 Å². The number of hydrogen-bond donors (Lipinski definition) is 1. The predicted molar refractivity (Wildman–Crippen MR) is 9.88 cm³/mol. The first-order chi connectivity index (χ1) is 1.41. The van der Waals surface area contributed by atoms with Crippen LogP contribution in [-0.4, -0.2) is 6.41 Å². The molecule has 0 aromatic heterocycles. The van der Waals surface area contributed by atoms with E-state index in [1.54, 1.807) is 0 Å². The van der Waals surface area contributed by atoms with Crippen molar-refractivity contribution in [2.24, 2.45) is 5.73 Å². The van der Waals surface area contributed by atoms with Crippen molar-refractivity contribution in [2.45, 2.75) is 0 Å². The van der Waals surface area contributed by atoms with Crippen LogP contribution in [0.3, 0.4) is 0 Å². The van der Waals surface area contributed by atoms with Gasteiger partial charge in [-0.05, 0) is 0 Å². The van der Waals surface area contributed by atoms with Crippen LogP contribution in [0.2, 0.25) is 0 Å². The number of amides is 1. The molecule has 0 aliphatic carbocycles. The Kier molecular flexibility index (Phi) is 19.9. The van der Waals surface area contributed by atoms with E-state index in [2.05, 4.69) is 5.73 Å². The van der Waals surface area contributed by atoms with E-state index in [4.69, 9.17) is 4.79 Å². The molecule has 0 spiro atoms. The van der Waals surface area contributed by atoms with Gasteiger partial charge < -0.3 is 10.5 Å². The average molecular weight is 130 g/mol. The molecule has 0 unspecified atom stereocenters. The molecule has 0 aliphatic heterocycles. The van der Waals surface area contributed by atoms with Crippen molar-refractivity contribution in [1.82, 2.24) is 0 Å². The smallest absolute Gasteiger partial charge is 0.543 e. The van der Waals surface area contributed by atoms with Crippen molar-refractivity contribution in [3.8, 4) is 0 Å². The molecule has 0 radical (unpaired) electrons. The van der Waals surface area contributed by atoms with Crippen LogP contribution in [0.1, 0.15) is 0 Å². The minimum atomic E-state index is 0. The van der Waals surface area contributed by atoms with Crippen LogP contribution >= 0.6 is 0 Å². The largest absolute Gasteiger partial charge is 1.00 e. The molecule has 0 aromatic rings. The van der Waals surface area contributed by atoms with E-state index >= 15 is 0 Å². The minimum Gasteiger partial charge on any atom is -0.543 e. The molecular formula is CH2NORb. The molecule has 1 amide bonds. The van der Waals surface area contributed by atoms with Gasteiger partial charge in [0.1, 0.15) is 0 Å². The van der Waals surface area contributed by atoms with E-state index in [-0.39, 0.29) is 58.2 Å². The summed E-state index contributed by atoms with van der Waals surface area (Å²) >= 11 is 0. The van der Waals surface area contributed by atoms with Crippen molar-refractivity contribution in [1.29, 1.82) is 0 Å². The van der Waals surface area contributed by atoms with E-state index < -0.39 is 0 Å². The van der Waals surface area contributed by atoms with Crippen LogP contribution in [0, 0.1) is 0 Å². The fourth-order valence-corrected chi connectivity index (χ4v) is 0. The molecule has 0 rings (SSSR count). The van der Waals surface area contributed by atoms with Crippen molar-refractivity contribution in [3.05, 3.63) is 0 Å². The van der Waals surface area contributed by atoms with E-state index in [0.717, 1.165) is 6.41 Å². The molecule has 0 saturated heterocycles. The first-order valence-electron chi connectivity index (χ1n) is 0.493. The maximum Gasteiger partial charge on any atom is 1.00 e. The first-order valence-corrected chi connectivity index (χ1v) is 0.493. The van der Waals surface area contributed by atoms with Gasteiger partial charge in [0, 0.05) is 0 Å². The molecule has 0 heterocycles. The third-order valence-corrected chi connectivity index (χ3v) is 0. The van der Waals surface area contributed by atoms with Crippen LogP contribution in [0.5, 0.6) is 0 Å². The zero-order valence-electron chi connectivity index (χ0n) is 2.49. The second kappa shape index (κ2) is 8.86. The number of carbonyl (C=O) groups excluding carboxylic acids is 1. The summed E-state index contributed by atoms with van der Waals surface area (Å²) in [7, 11) is 0. The molecule has 0 aromatic carbocycles. The van der Waals surface area contributed by atoms with Crippen molar-refractivity contribution < 1.29 is 63.0 Å². The van der Waals surface area contributed by atoms with Gasteiger partial charge in [-0.2, -0.15) is 6.41 Å². The Morgan fingerprint density at radius 3 is 1.75 bits per heavy atom. The summed E-state index contributed by atoms with van der Waals surface area (Å²) in [5.41, 5.74) is 4.04. The molecule has 0 aliphatic rings. The number of rotatable bonds is 0. The van der Waals surface area contributed by atoms with Gasteiger partial charge in [-0.15, -0.1) is 0 Å². The molecule has 3 heteroatoms. The normalized spacial score (nSPS) is 3.00. The third-order valence-electron chi connectivity index (χ3n) is 0. The third kappa shape index (κ3) is 10.4. The molecule has 18 valence electrons. The zero-order chi connectivity index (χ0) is 2.71. The quantitative estimate of drug-likeness (QED) is 0.263. The Bertz CT molecular complexity index is 15.5. The van der Waals surface area contributed by atoms with Gasteiger partial charge in [0.15, 0.2) is 0 Å². The molecule has 0 saturated carbocycles. The molecule has 0 fully saturated rings. The maximum atomic E-state index is 8.46. The van der Waals surface area contributed by atoms with Crippen LogP contribution < -0.4 is 63.9 Å². The number of hydrogen-bond acceptors (Lipinski definition) is 1. The minimum absolute atomic E-state index is 0. The van der Waals surface area contributed by atoms with E-state index in [0.29, 0.717) is 0 Å². The second-order valence-corrected chi connectivity index (χ2v) is 0.118. The summed E-state index contributed by atoms with van der Waals surface area (Å²) in [6.45, 7) is 0. The standard InChI is InChI=1S/CH2NO.Rb/c2-1-3;/h(H2,2,3);/q-1;+1. The monoisotopic (exact) mass is 129 g/mol. The van der Waals surface area contributed by atoms with E-state index in [9.17, 15) is 0 Å². The Hall–Kier alpha value is 1.28. The molecular weight excluding hydrogens is 127 g/mol. The molecule has 2 nitrogen and oxygen atoms in total. The Labute approximate surface area is 73.5 Å². The summed E-state index contributed by atoms with van der Waals surface area (Å²) < 4.78 is 0. The van der Waals surface area contributed by atoms with Gasteiger partial charge in [-0.25, -0.2) is 0 Å². The molecule has 2 N–H and O–H groups in total. The zero-order valence-corrected chi connectivity index (χ0v) is 7.40. The van der Waals surface area contributed by atoms with E-state index in [1.807, 2.05) is 0 Å². The fraction of sp³-hybridized carbons (Fsp3) is 0. The Morgan fingerprint density at radius 2 is 1.75 bits per heavy atom. The number of nitrogens with two attached hydrogens (primary N) is 1. The first kappa shape index (κ1) is 8.99. The summed E-state index contributed by atoms with van der Waals surface area (Å²) in [5, 5.41) is 0. The second-order valence-electron chi connectivity index (χ2n) is 0.118. The fourth-order valence-electron chi connectivity index (χ4n) is 0. The van der Waals surface area contributed by atoms with Gasteiger partial charge in [-0.1, -0.05) is 0 Å². The van der Waals surface area contributed by atoms with Gasteiger partial charge in [0.2, 0.25) is 0 Å². The summed E-state index contributed by atoms with van der Waals surface area (Å²) in [6, 6.07) is 0. The molecule has 0 atom stereocenters. The van der Waals surface area contributed by atoms with Gasteiger partial charge in [-0.3, -0.25) is 0 Å². The van der Waals surface area contributed by atoms with Crippen molar-refractivity contribution >= 4 is 6.41 Å². The summed E-state index contributed by atoms with van der Waals surface area (Å²) in [6.07, 6.45) is 1.00. The van der Waals surface area contributed by atoms with Crippen LogP contribution in [0.15, 0.2) is 0 Å². The average Bonchev–Trinajstić information content (AvgIpc) is 0.918. The Morgan fingerprint density at radius 1 is 1.75 bits per heavy atom. The van der Waals surface area contributed by atoms with Gasteiger partial charge >= 0.3 is 58.2 Å². The SMILES string of the molecule is N[C-]=O.[Rb+]. The summed E-state index contributed by atoms with van der Waals surface area (Å²) in [4.78, 5) is 8.46. The van der Waals surface area contributed by atoms with Gasteiger partial charge in [0.05, 0.1) is 0 Å². The van der Waals surface area contributed by atoms with Gasteiger partial charge in [0.25, 0.3) is 0 Å².